The highest BCUT2D eigenvalue weighted by Crippen LogP contribution is 2.20. The van der Waals surface area contributed by atoms with Gasteiger partial charge >= 0.3 is 5.97 Å². The number of carbonyl (C=O) groups is 2. The summed E-state index contributed by atoms with van der Waals surface area (Å²) in [5, 5.41) is 2.72. The lowest BCUT2D eigenvalue weighted by Crippen LogP contribution is -2.31. The van der Waals surface area contributed by atoms with Gasteiger partial charge in [-0.1, -0.05) is 30.3 Å². The van der Waals surface area contributed by atoms with Gasteiger partial charge in [-0.25, -0.2) is 4.98 Å². The van der Waals surface area contributed by atoms with Gasteiger partial charge in [0.25, 0.3) is 5.91 Å². The highest BCUT2D eigenvalue weighted by atomic mass is 32.1. The van der Waals surface area contributed by atoms with Crippen molar-refractivity contribution in [1.29, 1.82) is 0 Å². The van der Waals surface area contributed by atoms with Crippen LogP contribution in [-0.4, -0.2) is 35.9 Å². The van der Waals surface area contributed by atoms with Crippen LogP contribution in [0.25, 0.3) is 0 Å². The van der Waals surface area contributed by atoms with Gasteiger partial charge in [-0.3, -0.25) is 9.59 Å². The van der Waals surface area contributed by atoms with E-state index in [0.29, 0.717) is 11.3 Å². The van der Waals surface area contributed by atoms with Crippen molar-refractivity contribution in [2.75, 3.05) is 14.1 Å². The van der Waals surface area contributed by atoms with E-state index in [2.05, 4.69) is 4.98 Å². The van der Waals surface area contributed by atoms with E-state index in [4.69, 9.17) is 4.74 Å². The van der Waals surface area contributed by atoms with Crippen LogP contribution in [0.4, 0.5) is 0 Å². The number of likely N-dealkylation sites (N-methyl/N-ethyl adjacent to an activating group) is 1. The molecule has 0 aliphatic rings. The lowest BCUT2D eigenvalue weighted by molar-refractivity contribution is -0.159. The molecule has 0 aliphatic carbocycles. The third-order valence-corrected chi connectivity index (χ3v) is 3.83. The maximum atomic E-state index is 12.3. The first-order valence-electron chi connectivity index (χ1n) is 6.84. The zero-order valence-electron chi connectivity index (χ0n) is 12.8. The smallest absolute Gasteiger partial charge is 0.313 e. The highest BCUT2D eigenvalue weighted by Gasteiger charge is 2.26. The first-order valence-corrected chi connectivity index (χ1v) is 7.72. The monoisotopic (exact) mass is 318 g/mol. The van der Waals surface area contributed by atoms with Crippen LogP contribution >= 0.6 is 11.3 Å². The Labute approximate surface area is 133 Å². The van der Waals surface area contributed by atoms with Crippen molar-refractivity contribution in [3.63, 3.8) is 0 Å². The first kappa shape index (κ1) is 16.2. The molecule has 6 heteroatoms. The quantitative estimate of drug-likeness (QED) is 0.794. The van der Waals surface area contributed by atoms with E-state index < -0.39 is 12.1 Å². The van der Waals surface area contributed by atoms with Gasteiger partial charge in [-0.15, -0.1) is 11.3 Å². The number of hydrogen-bond acceptors (Lipinski definition) is 5. The number of thiazole rings is 1. The van der Waals surface area contributed by atoms with E-state index >= 15 is 0 Å². The van der Waals surface area contributed by atoms with Crippen LogP contribution in [0.1, 0.15) is 22.4 Å². The lowest BCUT2D eigenvalue weighted by Gasteiger charge is -2.21. The molecule has 1 unspecified atom stereocenters. The minimum atomic E-state index is -0.927. The predicted molar refractivity (Wildman–Crippen MR) is 84.5 cm³/mol. The second kappa shape index (κ2) is 7.17. The van der Waals surface area contributed by atoms with Crippen LogP contribution in [0.3, 0.4) is 0 Å². The third kappa shape index (κ3) is 4.14. The fraction of sp³-hybridized carbons (Fsp3) is 0.312. The molecule has 5 nitrogen and oxygen atoms in total. The molecular formula is C16H18N2O3S. The summed E-state index contributed by atoms with van der Waals surface area (Å²) in [5.41, 5.74) is 1.32. The fourth-order valence-electron chi connectivity index (χ4n) is 1.93. The summed E-state index contributed by atoms with van der Waals surface area (Å²) in [5.74, 6) is -0.733. The van der Waals surface area contributed by atoms with Crippen molar-refractivity contribution in [3.05, 3.63) is 52.0 Å². The molecule has 1 heterocycles. The van der Waals surface area contributed by atoms with E-state index in [1.807, 2.05) is 30.5 Å². The Hall–Kier alpha value is -2.21. The molecule has 1 atom stereocenters. The molecule has 0 aliphatic heterocycles. The topological polar surface area (TPSA) is 59.5 Å². The molecule has 1 aromatic heterocycles. The number of aryl methyl sites for hydroxylation is 1. The highest BCUT2D eigenvalue weighted by molar-refractivity contribution is 7.09. The second-order valence-corrected chi connectivity index (χ2v) is 6.11. The average molecular weight is 318 g/mol. The molecule has 0 saturated heterocycles. The summed E-state index contributed by atoms with van der Waals surface area (Å²) in [6.45, 7) is 1.88. The van der Waals surface area contributed by atoms with E-state index in [1.165, 1.54) is 16.2 Å². The van der Waals surface area contributed by atoms with Gasteiger partial charge in [0.1, 0.15) is 0 Å². The second-order valence-electron chi connectivity index (χ2n) is 5.05. The third-order valence-electron chi connectivity index (χ3n) is 3.01. The maximum absolute atomic E-state index is 12.3. The van der Waals surface area contributed by atoms with Crippen LogP contribution in [0.2, 0.25) is 0 Å². The Kier molecular flexibility index (Phi) is 5.27. The summed E-state index contributed by atoms with van der Waals surface area (Å²) in [6.07, 6.45) is -0.864. The van der Waals surface area contributed by atoms with E-state index in [1.54, 1.807) is 26.2 Å². The van der Waals surface area contributed by atoms with Gasteiger partial charge in [0.15, 0.2) is 0 Å². The first-order chi connectivity index (χ1) is 10.5. The van der Waals surface area contributed by atoms with Crippen LogP contribution in [0, 0.1) is 6.92 Å². The van der Waals surface area contributed by atoms with Crippen molar-refractivity contribution in [1.82, 2.24) is 9.88 Å². The summed E-state index contributed by atoms with van der Waals surface area (Å²) in [6, 6.07) is 9.01. The number of esters is 1. The molecule has 2 aromatic rings. The van der Waals surface area contributed by atoms with Crippen LogP contribution < -0.4 is 0 Å². The van der Waals surface area contributed by atoms with Crippen molar-refractivity contribution in [3.8, 4) is 0 Å². The molecule has 0 radical (unpaired) electrons. The van der Waals surface area contributed by atoms with Crippen LogP contribution in [0.15, 0.2) is 35.7 Å². The molecule has 0 bridgehead atoms. The number of nitrogens with zero attached hydrogens (tertiary/aromatic N) is 2. The molecule has 22 heavy (non-hydrogen) atoms. The Bertz CT molecular complexity index is 652. The normalized spacial score (nSPS) is 11.8. The molecule has 0 spiro atoms. The molecule has 116 valence electrons. The van der Waals surface area contributed by atoms with E-state index in [-0.39, 0.29) is 12.3 Å². The fourth-order valence-corrected chi connectivity index (χ4v) is 2.55. The maximum Gasteiger partial charge on any atom is 0.313 e. The van der Waals surface area contributed by atoms with Gasteiger partial charge < -0.3 is 9.64 Å². The van der Waals surface area contributed by atoms with E-state index in [0.717, 1.165) is 5.01 Å². The predicted octanol–water partition coefficient (Wildman–Crippen LogP) is 2.37. The Morgan fingerprint density at radius 2 is 1.95 bits per heavy atom. The number of amides is 1. The van der Waals surface area contributed by atoms with E-state index in [9.17, 15) is 9.59 Å². The Balaban J connectivity index is 2.12. The number of rotatable bonds is 5. The minimum absolute atomic E-state index is 0.0639. The average Bonchev–Trinajstić information content (AvgIpc) is 2.90. The molecular weight excluding hydrogens is 300 g/mol. The minimum Gasteiger partial charge on any atom is -0.447 e. The van der Waals surface area contributed by atoms with Gasteiger partial charge in [0.2, 0.25) is 6.10 Å². The summed E-state index contributed by atoms with van der Waals surface area (Å²) in [7, 11) is 3.27. The largest absolute Gasteiger partial charge is 0.447 e. The number of aromatic nitrogens is 1. The van der Waals surface area contributed by atoms with Crippen molar-refractivity contribution < 1.29 is 14.3 Å². The van der Waals surface area contributed by atoms with Crippen LogP contribution in [-0.2, 0) is 20.7 Å². The summed E-state index contributed by atoms with van der Waals surface area (Å²) in [4.78, 5) is 30.0. The number of hydrogen-bond donors (Lipinski definition) is 0. The molecule has 1 amide bonds. The molecule has 2 rings (SSSR count). The summed E-state index contributed by atoms with van der Waals surface area (Å²) < 4.78 is 5.41. The van der Waals surface area contributed by atoms with Crippen LogP contribution in [0.5, 0.6) is 0 Å². The van der Waals surface area contributed by atoms with Gasteiger partial charge in [0.05, 0.1) is 17.1 Å². The van der Waals surface area contributed by atoms with Gasteiger partial charge in [-0.05, 0) is 6.92 Å². The standard InChI is InChI=1S/C16H18N2O3S/c1-11-17-13(10-22-11)9-14(19)21-15(16(20)18(2)3)12-7-5-4-6-8-12/h4-8,10,15H,9H2,1-3H3. The SMILES string of the molecule is Cc1nc(CC(=O)OC(C(=O)N(C)C)c2ccccc2)cs1. The number of ether oxygens (including phenoxy) is 1. The summed E-state index contributed by atoms with van der Waals surface area (Å²) >= 11 is 1.48. The lowest BCUT2D eigenvalue weighted by atomic mass is 10.1. The molecule has 1 aromatic carbocycles. The zero-order chi connectivity index (χ0) is 16.1. The molecule has 0 N–H and O–H groups in total. The number of carbonyl (C=O) groups excluding carboxylic acids is 2. The zero-order valence-corrected chi connectivity index (χ0v) is 13.6. The van der Waals surface area contributed by atoms with Crippen molar-refractivity contribution in [2.45, 2.75) is 19.4 Å². The van der Waals surface area contributed by atoms with Gasteiger partial charge in [0, 0.05) is 25.0 Å². The van der Waals surface area contributed by atoms with Gasteiger partial charge in [-0.2, -0.15) is 0 Å². The molecule has 0 saturated carbocycles. The van der Waals surface area contributed by atoms with Crippen molar-refractivity contribution in [2.24, 2.45) is 0 Å². The Morgan fingerprint density at radius 3 is 2.50 bits per heavy atom. The number of benzene rings is 1. The Morgan fingerprint density at radius 1 is 1.27 bits per heavy atom. The van der Waals surface area contributed by atoms with Crippen molar-refractivity contribution >= 4 is 23.2 Å². The molecule has 0 fully saturated rings.